The first-order valence-electron chi connectivity index (χ1n) is 8.27. The van der Waals surface area contributed by atoms with Crippen molar-refractivity contribution < 1.29 is 22.8 Å². The lowest BCUT2D eigenvalue weighted by Gasteiger charge is -2.42. The maximum atomic E-state index is 12.8. The van der Waals surface area contributed by atoms with Crippen molar-refractivity contribution in [3.05, 3.63) is 70.8 Å². The summed E-state index contributed by atoms with van der Waals surface area (Å²) in [5.74, 6) is -0.272. The van der Waals surface area contributed by atoms with E-state index in [1.807, 2.05) is 17.0 Å². The molecule has 0 radical (unpaired) electrons. The van der Waals surface area contributed by atoms with E-state index in [0.29, 0.717) is 17.7 Å². The minimum atomic E-state index is -4.40. The summed E-state index contributed by atoms with van der Waals surface area (Å²) in [5.41, 5.74) is 5.45. The number of carbonyl (C=O) groups is 1. The molecule has 1 amide bonds. The van der Waals surface area contributed by atoms with Crippen molar-refractivity contribution in [1.82, 2.24) is 10.8 Å². The van der Waals surface area contributed by atoms with Gasteiger partial charge in [0.25, 0.3) is 5.91 Å². The van der Waals surface area contributed by atoms with Crippen molar-refractivity contribution in [1.29, 1.82) is 0 Å². The Morgan fingerprint density at radius 1 is 1.15 bits per heavy atom. The molecule has 1 unspecified atom stereocenters. The van der Waals surface area contributed by atoms with Gasteiger partial charge in [-0.05, 0) is 29.8 Å². The molecule has 140 valence electrons. The molecule has 2 aromatic rings. The van der Waals surface area contributed by atoms with Crippen molar-refractivity contribution in [3.8, 4) is 0 Å². The number of hydrogen-bond acceptors (Lipinski definition) is 4. The second-order valence-electron chi connectivity index (χ2n) is 6.27. The summed E-state index contributed by atoms with van der Waals surface area (Å²) in [5, 5.41) is 2.88. The summed E-state index contributed by atoms with van der Waals surface area (Å²) in [6, 6.07) is 10.2. The van der Waals surface area contributed by atoms with E-state index in [-0.39, 0.29) is 5.91 Å². The standard InChI is InChI=1S/C19H16F3N3O2/c1-27-24-15-9-10-25-16-13(15)3-2-4-14(16)18(26)23-17(25)11-5-7-12(8-6-11)19(20,21)22/h2-9,17,24H,10H2,1H3,(H,23,26). The van der Waals surface area contributed by atoms with Gasteiger partial charge in [-0.25, -0.2) is 0 Å². The average molecular weight is 375 g/mol. The van der Waals surface area contributed by atoms with Gasteiger partial charge >= 0.3 is 6.18 Å². The van der Waals surface area contributed by atoms with Crippen LogP contribution in [0.2, 0.25) is 0 Å². The number of nitrogens with zero attached hydrogens (tertiary/aromatic N) is 1. The van der Waals surface area contributed by atoms with Crippen molar-refractivity contribution in [2.75, 3.05) is 18.6 Å². The summed E-state index contributed by atoms with van der Waals surface area (Å²) in [4.78, 5) is 19.6. The SMILES string of the molecule is CONC1=CCN2c3c(cccc31)C(=O)NC2c1ccc(C(F)(F)F)cc1. The molecule has 0 bridgehead atoms. The monoisotopic (exact) mass is 375 g/mol. The highest BCUT2D eigenvalue weighted by molar-refractivity contribution is 6.05. The van der Waals surface area contributed by atoms with Gasteiger partial charge in [0.05, 0.1) is 29.6 Å². The van der Waals surface area contributed by atoms with Crippen LogP contribution in [-0.2, 0) is 11.0 Å². The van der Waals surface area contributed by atoms with Crippen LogP contribution in [0, 0.1) is 0 Å². The Balaban J connectivity index is 1.76. The molecule has 1 atom stereocenters. The number of carbonyl (C=O) groups excluding carboxylic acids is 1. The van der Waals surface area contributed by atoms with E-state index in [1.54, 1.807) is 12.1 Å². The van der Waals surface area contributed by atoms with Gasteiger partial charge in [0.15, 0.2) is 0 Å². The Kier molecular flexibility index (Phi) is 4.07. The Labute approximate surface area is 153 Å². The maximum absolute atomic E-state index is 12.8. The van der Waals surface area contributed by atoms with Gasteiger partial charge in [-0.2, -0.15) is 13.2 Å². The summed E-state index contributed by atoms with van der Waals surface area (Å²) < 4.78 is 38.5. The number of halogens is 3. The zero-order valence-electron chi connectivity index (χ0n) is 14.3. The van der Waals surface area contributed by atoms with Crippen molar-refractivity contribution in [3.63, 3.8) is 0 Å². The lowest BCUT2D eigenvalue weighted by Crippen LogP contribution is -2.48. The maximum Gasteiger partial charge on any atom is 0.416 e. The number of nitrogens with one attached hydrogen (secondary N) is 2. The Morgan fingerprint density at radius 2 is 1.85 bits per heavy atom. The second-order valence-corrected chi connectivity index (χ2v) is 6.27. The number of alkyl halides is 3. The van der Waals surface area contributed by atoms with E-state index >= 15 is 0 Å². The molecule has 27 heavy (non-hydrogen) atoms. The van der Waals surface area contributed by atoms with Crippen LogP contribution in [-0.4, -0.2) is 19.6 Å². The quantitative estimate of drug-likeness (QED) is 0.807. The minimum absolute atomic E-state index is 0.272. The molecular weight excluding hydrogens is 359 g/mol. The molecule has 0 aliphatic carbocycles. The Morgan fingerprint density at radius 3 is 2.52 bits per heavy atom. The molecule has 2 aliphatic heterocycles. The predicted octanol–water partition coefficient (Wildman–Crippen LogP) is 3.46. The molecule has 8 heteroatoms. The minimum Gasteiger partial charge on any atom is -0.342 e. The van der Waals surface area contributed by atoms with E-state index in [0.717, 1.165) is 29.1 Å². The number of hydroxylamine groups is 1. The lowest BCUT2D eigenvalue weighted by atomic mass is 9.95. The lowest BCUT2D eigenvalue weighted by molar-refractivity contribution is -0.137. The number of para-hydroxylation sites is 1. The van der Waals surface area contributed by atoms with Crippen LogP contribution in [0.25, 0.3) is 5.70 Å². The van der Waals surface area contributed by atoms with E-state index in [2.05, 4.69) is 10.8 Å². The normalized spacial score (nSPS) is 18.5. The molecule has 2 aromatic carbocycles. The highest BCUT2D eigenvalue weighted by Gasteiger charge is 2.36. The third-order valence-corrected chi connectivity index (χ3v) is 4.70. The summed E-state index contributed by atoms with van der Waals surface area (Å²) in [7, 11) is 1.50. The van der Waals surface area contributed by atoms with E-state index in [9.17, 15) is 18.0 Å². The topological polar surface area (TPSA) is 53.6 Å². The molecule has 4 rings (SSSR count). The second kappa shape index (κ2) is 6.31. The fourth-order valence-electron chi connectivity index (χ4n) is 3.48. The number of hydrogen-bond donors (Lipinski definition) is 2. The average Bonchev–Trinajstić information content (AvgIpc) is 2.65. The first-order chi connectivity index (χ1) is 12.9. The zero-order valence-corrected chi connectivity index (χ0v) is 14.3. The molecule has 2 heterocycles. The number of anilines is 1. The van der Waals surface area contributed by atoms with Gasteiger partial charge in [0.1, 0.15) is 6.17 Å². The van der Waals surface area contributed by atoms with Crippen molar-refractivity contribution in [2.24, 2.45) is 0 Å². The molecule has 0 saturated heterocycles. The molecule has 2 N–H and O–H groups in total. The molecule has 0 spiro atoms. The Hall–Kier alpha value is -3.00. The van der Waals surface area contributed by atoms with Gasteiger partial charge in [0.2, 0.25) is 0 Å². The fourth-order valence-corrected chi connectivity index (χ4v) is 3.48. The van der Waals surface area contributed by atoms with Gasteiger partial charge in [0, 0.05) is 12.1 Å². The van der Waals surface area contributed by atoms with Crippen LogP contribution in [0.4, 0.5) is 18.9 Å². The smallest absolute Gasteiger partial charge is 0.342 e. The largest absolute Gasteiger partial charge is 0.416 e. The van der Waals surface area contributed by atoms with Crippen LogP contribution in [0.3, 0.4) is 0 Å². The van der Waals surface area contributed by atoms with Crippen LogP contribution in [0.15, 0.2) is 48.5 Å². The van der Waals surface area contributed by atoms with Gasteiger partial charge in [-0.3, -0.25) is 15.1 Å². The van der Waals surface area contributed by atoms with Crippen molar-refractivity contribution in [2.45, 2.75) is 12.3 Å². The highest BCUT2D eigenvalue weighted by Crippen LogP contribution is 2.41. The number of amides is 1. The van der Waals surface area contributed by atoms with E-state index in [4.69, 9.17) is 4.84 Å². The van der Waals surface area contributed by atoms with Crippen LogP contribution < -0.4 is 15.7 Å². The molecule has 2 aliphatic rings. The van der Waals surface area contributed by atoms with E-state index in [1.165, 1.54) is 19.2 Å². The number of benzene rings is 2. The summed E-state index contributed by atoms with van der Waals surface area (Å²) in [6.45, 7) is 0.460. The first-order valence-corrected chi connectivity index (χ1v) is 8.27. The zero-order chi connectivity index (χ0) is 19.2. The van der Waals surface area contributed by atoms with Crippen LogP contribution in [0.5, 0.6) is 0 Å². The first kappa shape index (κ1) is 17.4. The van der Waals surface area contributed by atoms with Gasteiger partial charge < -0.3 is 10.2 Å². The van der Waals surface area contributed by atoms with Crippen LogP contribution >= 0.6 is 0 Å². The van der Waals surface area contributed by atoms with Gasteiger partial charge in [-0.15, -0.1) is 0 Å². The third-order valence-electron chi connectivity index (χ3n) is 4.70. The molecular formula is C19H16F3N3O2. The predicted molar refractivity (Wildman–Crippen MR) is 93.6 cm³/mol. The Bertz CT molecular complexity index is 923. The van der Waals surface area contributed by atoms with Crippen molar-refractivity contribution >= 4 is 17.3 Å². The summed E-state index contributed by atoms with van der Waals surface area (Å²) >= 11 is 0. The molecule has 0 saturated carbocycles. The summed E-state index contributed by atoms with van der Waals surface area (Å²) in [6.07, 6.45) is -3.05. The van der Waals surface area contributed by atoms with Crippen LogP contribution in [0.1, 0.15) is 33.2 Å². The fraction of sp³-hybridized carbons (Fsp3) is 0.211. The highest BCUT2D eigenvalue weighted by atomic mass is 19.4. The van der Waals surface area contributed by atoms with Gasteiger partial charge in [-0.1, -0.05) is 24.3 Å². The number of rotatable bonds is 3. The molecule has 0 fully saturated rings. The molecule has 5 nitrogen and oxygen atoms in total. The van der Waals surface area contributed by atoms with E-state index < -0.39 is 17.9 Å². The third kappa shape index (κ3) is 2.91. The molecule has 0 aromatic heterocycles.